The van der Waals surface area contributed by atoms with Gasteiger partial charge >= 0.3 is 6.03 Å². The van der Waals surface area contributed by atoms with Crippen LogP contribution in [0.25, 0.3) is 5.69 Å². The number of imide groups is 1. The average molecular weight is 460 g/mol. The molecule has 5 rings (SSSR count). The minimum absolute atomic E-state index is 0.400. The molecule has 1 saturated carbocycles. The molecule has 2 aromatic carbocycles. The molecule has 0 unspecified atom stereocenters. The zero-order chi connectivity index (χ0) is 23.9. The summed E-state index contributed by atoms with van der Waals surface area (Å²) in [5, 5.41) is 10.2. The first-order valence-corrected chi connectivity index (χ1v) is 11.1. The molecule has 2 N–H and O–H groups in total. The molecule has 1 aliphatic carbocycles. The average Bonchev–Trinajstić information content (AvgIpc) is 3.58. The molecule has 1 aromatic heterocycles. The van der Waals surface area contributed by atoms with Gasteiger partial charge < -0.3 is 15.4 Å². The Labute approximate surface area is 196 Å². The second-order valence-corrected chi connectivity index (χ2v) is 8.70. The van der Waals surface area contributed by atoms with Crippen molar-refractivity contribution in [2.24, 2.45) is 0 Å². The molecule has 9 heteroatoms. The normalized spacial score (nSPS) is 19.8. The zero-order valence-corrected chi connectivity index (χ0v) is 18.9. The Morgan fingerprint density at radius 2 is 1.85 bits per heavy atom. The first-order valence-electron chi connectivity index (χ1n) is 11.1. The molecule has 0 spiro atoms. The summed E-state index contributed by atoms with van der Waals surface area (Å²) < 4.78 is 6.84. The summed E-state index contributed by atoms with van der Waals surface area (Å²) >= 11 is 0. The molecular formula is C25H25N5O4. The Bertz CT molecular complexity index is 1250. The van der Waals surface area contributed by atoms with Crippen molar-refractivity contribution in [2.75, 3.05) is 19.0 Å². The van der Waals surface area contributed by atoms with E-state index < -0.39 is 29.9 Å². The second kappa shape index (κ2) is 8.33. The van der Waals surface area contributed by atoms with Crippen LogP contribution in [0.1, 0.15) is 36.9 Å². The number of carbonyl (C=O) groups is 3. The molecule has 1 aliphatic heterocycles. The van der Waals surface area contributed by atoms with Gasteiger partial charge in [-0.2, -0.15) is 5.10 Å². The van der Waals surface area contributed by atoms with E-state index in [-0.39, 0.29) is 0 Å². The highest BCUT2D eigenvalue weighted by Gasteiger charge is 2.49. The number of para-hydroxylation sites is 1. The third-order valence-electron chi connectivity index (χ3n) is 6.24. The molecule has 34 heavy (non-hydrogen) atoms. The highest BCUT2D eigenvalue weighted by atomic mass is 16.5. The highest BCUT2D eigenvalue weighted by molar-refractivity contribution is 6.10. The lowest BCUT2D eigenvalue weighted by molar-refractivity contribution is -0.133. The highest BCUT2D eigenvalue weighted by Crippen LogP contribution is 2.40. The van der Waals surface area contributed by atoms with Crippen LogP contribution in [0.3, 0.4) is 0 Å². The van der Waals surface area contributed by atoms with Crippen molar-refractivity contribution in [1.82, 2.24) is 20.0 Å². The number of hydrogen-bond acceptors (Lipinski definition) is 5. The number of hydrogen-bond donors (Lipinski definition) is 2. The summed E-state index contributed by atoms with van der Waals surface area (Å²) in [6.07, 6.45) is 2.15. The van der Waals surface area contributed by atoms with Gasteiger partial charge in [-0.25, -0.2) is 9.48 Å². The fourth-order valence-corrected chi connectivity index (χ4v) is 4.12. The van der Waals surface area contributed by atoms with Crippen LogP contribution in [-0.4, -0.2) is 46.2 Å². The van der Waals surface area contributed by atoms with Gasteiger partial charge in [0.05, 0.1) is 18.5 Å². The van der Waals surface area contributed by atoms with Crippen molar-refractivity contribution in [2.45, 2.75) is 31.2 Å². The van der Waals surface area contributed by atoms with Crippen molar-refractivity contribution >= 4 is 23.7 Å². The van der Waals surface area contributed by atoms with E-state index in [9.17, 15) is 14.4 Å². The molecule has 0 bridgehead atoms. The maximum absolute atomic E-state index is 13.2. The van der Waals surface area contributed by atoms with Gasteiger partial charge in [-0.3, -0.25) is 14.5 Å². The predicted molar refractivity (Wildman–Crippen MR) is 125 cm³/mol. The Morgan fingerprint density at radius 3 is 2.50 bits per heavy atom. The van der Waals surface area contributed by atoms with Crippen molar-refractivity contribution < 1.29 is 19.1 Å². The van der Waals surface area contributed by atoms with E-state index in [2.05, 4.69) is 15.7 Å². The monoisotopic (exact) mass is 459 g/mol. The summed E-state index contributed by atoms with van der Waals surface area (Å²) in [6.45, 7) is 1.22. The number of ether oxygens (including phenoxy) is 1. The van der Waals surface area contributed by atoms with Crippen molar-refractivity contribution in [3.8, 4) is 11.4 Å². The standard InChI is InChI=1S/C25H25N5O4/c1-25(17-10-12-19(34-2)13-11-17)23(32)29(24(33)27-25)15-22(31)26-21-14-20(16-8-9-16)28-30(21)18-6-4-3-5-7-18/h3-7,10-14,16H,8-9,15H2,1-2H3,(H,26,31)(H,27,33)/t25-/m1/s1. The lowest BCUT2D eigenvalue weighted by atomic mass is 9.92. The molecule has 1 saturated heterocycles. The summed E-state index contributed by atoms with van der Waals surface area (Å²) in [7, 11) is 1.55. The Kier molecular flexibility index (Phi) is 5.31. The smallest absolute Gasteiger partial charge is 0.325 e. The van der Waals surface area contributed by atoms with E-state index in [1.165, 1.54) is 0 Å². The number of nitrogens with zero attached hydrogens (tertiary/aromatic N) is 3. The first-order chi connectivity index (χ1) is 16.4. The van der Waals surface area contributed by atoms with E-state index in [0.29, 0.717) is 23.0 Å². The number of rotatable bonds is 7. The van der Waals surface area contributed by atoms with Crippen molar-refractivity contribution in [3.05, 3.63) is 71.9 Å². The number of urea groups is 1. The van der Waals surface area contributed by atoms with Gasteiger partial charge in [-0.15, -0.1) is 0 Å². The lowest BCUT2D eigenvalue weighted by Gasteiger charge is -2.22. The zero-order valence-electron chi connectivity index (χ0n) is 18.9. The van der Waals surface area contributed by atoms with Gasteiger partial charge in [0.2, 0.25) is 5.91 Å². The second-order valence-electron chi connectivity index (χ2n) is 8.70. The Balaban J connectivity index is 1.34. The molecule has 2 aliphatic rings. The summed E-state index contributed by atoms with van der Waals surface area (Å²) in [6, 6.07) is 17.6. The molecule has 0 radical (unpaired) electrons. The molecule has 1 atom stereocenters. The molecule has 9 nitrogen and oxygen atoms in total. The Morgan fingerprint density at radius 1 is 1.15 bits per heavy atom. The van der Waals surface area contributed by atoms with Crippen LogP contribution in [0.15, 0.2) is 60.7 Å². The third kappa shape index (κ3) is 3.89. The number of anilines is 1. The maximum atomic E-state index is 13.2. The van der Waals surface area contributed by atoms with Gasteiger partial charge in [0.15, 0.2) is 0 Å². The summed E-state index contributed by atoms with van der Waals surface area (Å²) in [4.78, 5) is 39.7. The minimum Gasteiger partial charge on any atom is -0.497 e. The molecular weight excluding hydrogens is 434 g/mol. The fraction of sp³-hybridized carbons (Fsp3) is 0.280. The van der Waals surface area contributed by atoms with Gasteiger partial charge in [-0.05, 0) is 49.6 Å². The quantitative estimate of drug-likeness (QED) is 0.528. The number of aromatic nitrogens is 2. The number of carbonyl (C=O) groups excluding carboxylic acids is 3. The van der Waals surface area contributed by atoms with E-state index >= 15 is 0 Å². The first kappa shape index (κ1) is 21.7. The van der Waals surface area contributed by atoms with Crippen LogP contribution < -0.4 is 15.4 Å². The van der Waals surface area contributed by atoms with Gasteiger partial charge in [0, 0.05) is 12.0 Å². The maximum Gasteiger partial charge on any atom is 0.325 e. The SMILES string of the molecule is COc1ccc([C@@]2(C)NC(=O)N(CC(=O)Nc3cc(C4CC4)nn3-c3ccccc3)C2=O)cc1. The van der Waals surface area contributed by atoms with E-state index in [1.54, 1.807) is 43.0 Å². The van der Waals surface area contributed by atoms with Crippen molar-refractivity contribution in [1.29, 1.82) is 0 Å². The molecule has 2 fully saturated rings. The number of benzene rings is 2. The number of amides is 4. The van der Waals surface area contributed by atoms with Crippen molar-refractivity contribution in [3.63, 3.8) is 0 Å². The van der Waals surface area contributed by atoms with E-state index in [0.717, 1.165) is 29.1 Å². The largest absolute Gasteiger partial charge is 0.497 e. The van der Waals surface area contributed by atoms with Crippen LogP contribution in [0.4, 0.5) is 10.6 Å². The molecule has 2 heterocycles. The predicted octanol–water partition coefficient (Wildman–Crippen LogP) is 3.16. The topological polar surface area (TPSA) is 106 Å². The van der Waals surface area contributed by atoms with Crippen LogP contribution >= 0.6 is 0 Å². The van der Waals surface area contributed by atoms with Gasteiger partial charge in [0.1, 0.15) is 23.7 Å². The Hall–Kier alpha value is -4.14. The number of nitrogens with one attached hydrogen (secondary N) is 2. The van der Waals surface area contributed by atoms with Gasteiger partial charge in [-0.1, -0.05) is 30.3 Å². The van der Waals surface area contributed by atoms with E-state index in [4.69, 9.17) is 4.74 Å². The molecule has 3 aromatic rings. The van der Waals surface area contributed by atoms with Crippen LogP contribution in [0.5, 0.6) is 5.75 Å². The molecule has 174 valence electrons. The van der Waals surface area contributed by atoms with Crippen LogP contribution in [0.2, 0.25) is 0 Å². The molecule has 4 amide bonds. The van der Waals surface area contributed by atoms with E-state index in [1.807, 2.05) is 36.4 Å². The lowest BCUT2D eigenvalue weighted by Crippen LogP contribution is -2.42. The van der Waals surface area contributed by atoms with Crippen LogP contribution in [-0.2, 0) is 15.1 Å². The summed E-state index contributed by atoms with van der Waals surface area (Å²) in [5.74, 6) is 0.565. The number of methoxy groups -OCH3 is 1. The minimum atomic E-state index is -1.27. The van der Waals surface area contributed by atoms with Gasteiger partial charge in [0.25, 0.3) is 5.91 Å². The van der Waals surface area contributed by atoms with Crippen LogP contribution in [0, 0.1) is 0 Å². The third-order valence-corrected chi connectivity index (χ3v) is 6.24. The fourth-order valence-electron chi connectivity index (χ4n) is 4.12. The summed E-state index contributed by atoms with van der Waals surface area (Å²) in [5.41, 5.74) is 1.06.